The molecule has 4 heteroatoms. The summed E-state index contributed by atoms with van der Waals surface area (Å²) in [5.41, 5.74) is 1.35. The van der Waals surface area contributed by atoms with E-state index >= 15 is 0 Å². The Kier molecular flexibility index (Phi) is 5.59. The van der Waals surface area contributed by atoms with E-state index in [1.165, 1.54) is 50.6 Å². The predicted molar refractivity (Wildman–Crippen MR) is 101 cm³/mol. The highest BCUT2D eigenvalue weighted by Gasteiger charge is 2.39. The summed E-state index contributed by atoms with van der Waals surface area (Å²) >= 11 is 0. The van der Waals surface area contributed by atoms with Gasteiger partial charge in [-0.3, -0.25) is 4.90 Å². The van der Waals surface area contributed by atoms with Gasteiger partial charge in [-0.2, -0.15) is 0 Å². The van der Waals surface area contributed by atoms with Crippen LogP contribution in [-0.2, 0) is 4.74 Å². The first-order valence-electron chi connectivity index (χ1n) is 10.1. The molecule has 2 bridgehead atoms. The lowest BCUT2D eigenvalue weighted by atomic mass is 9.98. The number of ether oxygens (including phenoxy) is 1. The summed E-state index contributed by atoms with van der Waals surface area (Å²) < 4.78 is 5.97. The van der Waals surface area contributed by atoms with Crippen molar-refractivity contribution in [2.45, 2.75) is 69.2 Å². The van der Waals surface area contributed by atoms with E-state index in [-0.39, 0.29) is 6.10 Å². The maximum absolute atomic E-state index is 10.5. The lowest BCUT2D eigenvalue weighted by molar-refractivity contribution is -0.0378. The number of aliphatic hydroxyl groups is 1. The van der Waals surface area contributed by atoms with E-state index in [4.69, 9.17) is 4.74 Å². The summed E-state index contributed by atoms with van der Waals surface area (Å²) in [5.74, 6) is 0. The highest BCUT2D eigenvalue weighted by Crippen LogP contribution is 2.33. The van der Waals surface area contributed by atoms with E-state index in [1.807, 2.05) is 0 Å². The number of rotatable bonds is 6. The minimum atomic E-state index is -0.357. The Morgan fingerprint density at radius 2 is 1.84 bits per heavy atom. The SMILES string of the molecule is OC(COC1CCCCC1)CN1CC[C@H]2C[C@@H]1CN2c1ccccc1. The van der Waals surface area contributed by atoms with E-state index in [0.29, 0.717) is 24.8 Å². The fourth-order valence-corrected chi connectivity index (χ4v) is 4.91. The Balaban J connectivity index is 1.26. The Morgan fingerprint density at radius 3 is 2.64 bits per heavy atom. The molecule has 25 heavy (non-hydrogen) atoms. The van der Waals surface area contributed by atoms with Crippen molar-refractivity contribution in [2.75, 3.05) is 31.1 Å². The number of aliphatic hydroxyl groups excluding tert-OH is 1. The maximum Gasteiger partial charge on any atom is 0.0900 e. The minimum Gasteiger partial charge on any atom is -0.389 e. The highest BCUT2D eigenvalue weighted by molar-refractivity contribution is 5.49. The molecule has 0 aromatic heterocycles. The van der Waals surface area contributed by atoms with Crippen LogP contribution in [0.1, 0.15) is 44.9 Å². The molecule has 0 spiro atoms. The highest BCUT2D eigenvalue weighted by atomic mass is 16.5. The largest absolute Gasteiger partial charge is 0.389 e. The van der Waals surface area contributed by atoms with Crippen LogP contribution in [-0.4, -0.2) is 60.5 Å². The molecular formula is C21H32N2O2. The molecule has 2 saturated heterocycles. The second kappa shape index (κ2) is 8.07. The van der Waals surface area contributed by atoms with Gasteiger partial charge >= 0.3 is 0 Å². The van der Waals surface area contributed by atoms with Gasteiger partial charge < -0.3 is 14.7 Å². The molecule has 3 atom stereocenters. The van der Waals surface area contributed by atoms with Crippen molar-refractivity contribution >= 4 is 5.69 Å². The van der Waals surface area contributed by atoms with E-state index in [0.717, 1.165) is 19.6 Å². The molecule has 1 unspecified atom stereocenters. The van der Waals surface area contributed by atoms with Gasteiger partial charge in [0.15, 0.2) is 0 Å². The molecule has 1 aromatic rings. The summed E-state index contributed by atoms with van der Waals surface area (Å²) in [5, 5.41) is 10.5. The van der Waals surface area contributed by atoms with Crippen molar-refractivity contribution < 1.29 is 9.84 Å². The van der Waals surface area contributed by atoms with Gasteiger partial charge in [0, 0.05) is 37.4 Å². The summed E-state index contributed by atoms with van der Waals surface area (Å²) in [6, 6.07) is 12.0. The van der Waals surface area contributed by atoms with E-state index in [2.05, 4.69) is 40.1 Å². The van der Waals surface area contributed by atoms with E-state index in [1.54, 1.807) is 0 Å². The Morgan fingerprint density at radius 1 is 1.04 bits per heavy atom. The van der Waals surface area contributed by atoms with E-state index in [9.17, 15) is 5.11 Å². The first kappa shape index (κ1) is 17.3. The molecule has 4 nitrogen and oxygen atoms in total. The van der Waals surface area contributed by atoms with Crippen molar-refractivity contribution in [3.63, 3.8) is 0 Å². The lowest BCUT2D eigenvalue weighted by Crippen LogP contribution is -2.45. The quantitative estimate of drug-likeness (QED) is 0.860. The van der Waals surface area contributed by atoms with Crippen LogP contribution in [0.2, 0.25) is 0 Å². The Hall–Kier alpha value is -1.10. The second-order valence-electron chi connectivity index (χ2n) is 8.06. The number of β-amino-alcohol motifs (C(OH)–C–C–N with tert-alkyl or cyclic N) is 1. The minimum absolute atomic E-state index is 0.357. The molecule has 2 aliphatic heterocycles. The van der Waals surface area contributed by atoms with Crippen LogP contribution in [0.5, 0.6) is 0 Å². The van der Waals surface area contributed by atoms with Crippen molar-refractivity contribution in [2.24, 2.45) is 0 Å². The first-order chi connectivity index (χ1) is 12.3. The zero-order valence-electron chi connectivity index (χ0n) is 15.2. The number of hydrogen-bond acceptors (Lipinski definition) is 4. The van der Waals surface area contributed by atoms with Crippen LogP contribution in [0.15, 0.2) is 30.3 Å². The van der Waals surface area contributed by atoms with Gasteiger partial charge in [-0.1, -0.05) is 37.5 Å². The lowest BCUT2D eigenvalue weighted by Gasteiger charge is -2.34. The zero-order chi connectivity index (χ0) is 17.1. The Labute approximate surface area is 151 Å². The number of anilines is 1. The molecule has 4 rings (SSSR count). The number of para-hydroxylation sites is 1. The van der Waals surface area contributed by atoms with Crippen LogP contribution >= 0.6 is 0 Å². The fraction of sp³-hybridized carbons (Fsp3) is 0.714. The molecule has 1 saturated carbocycles. The van der Waals surface area contributed by atoms with Crippen molar-refractivity contribution in [1.82, 2.24) is 4.90 Å². The predicted octanol–water partition coefficient (Wildman–Crippen LogP) is 3.05. The van der Waals surface area contributed by atoms with Crippen LogP contribution < -0.4 is 4.90 Å². The average Bonchev–Trinajstić information content (AvgIpc) is 3.02. The standard InChI is InChI=1S/C21H32N2O2/c24-20(16-25-21-9-5-2-6-10-21)15-22-12-11-18-13-19(22)14-23(18)17-7-3-1-4-8-17/h1,3-4,7-8,18-21,24H,2,5-6,9-16H2/t18-,19+,20?/m0/s1. The maximum atomic E-state index is 10.5. The Bertz CT molecular complexity index is 532. The third-order valence-corrected chi connectivity index (χ3v) is 6.27. The van der Waals surface area contributed by atoms with Gasteiger partial charge in [0.1, 0.15) is 0 Å². The topological polar surface area (TPSA) is 35.9 Å². The summed E-state index contributed by atoms with van der Waals surface area (Å²) in [6.45, 7) is 3.44. The van der Waals surface area contributed by atoms with Crippen LogP contribution in [0.3, 0.4) is 0 Å². The van der Waals surface area contributed by atoms with Crippen LogP contribution in [0, 0.1) is 0 Å². The van der Waals surface area contributed by atoms with Gasteiger partial charge in [-0.05, 0) is 37.8 Å². The molecule has 2 heterocycles. The summed E-state index contributed by atoms with van der Waals surface area (Å²) in [4.78, 5) is 5.06. The van der Waals surface area contributed by atoms with Gasteiger partial charge in [-0.25, -0.2) is 0 Å². The normalized spacial score (nSPS) is 29.1. The zero-order valence-corrected chi connectivity index (χ0v) is 15.2. The number of likely N-dealkylation sites (tertiary alicyclic amines) is 1. The van der Waals surface area contributed by atoms with Gasteiger partial charge in [0.25, 0.3) is 0 Å². The molecule has 0 amide bonds. The molecule has 3 aliphatic rings. The number of piperidine rings is 1. The summed E-state index contributed by atoms with van der Waals surface area (Å²) in [6.07, 6.45) is 8.71. The number of nitrogens with zero attached hydrogens (tertiary/aromatic N) is 2. The number of fused-ring (bicyclic) bond motifs is 2. The molecule has 138 valence electrons. The van der Waals surface area contributed by atoms with Crippen LogP contribution in [0.25, 0.3) is 0 Å². The van der Waals surface area contributed by atoms with Crippen LogP contribution in [0.4, 0.5) is 5.69 Å². The molecule has 1 N–H and O–H groups in total. The molecule has 1 aromatic carbocycles. The third kappa shape index (κ3) is 4.18. The van der Waals surface area contributed by atoms with Crippen molar-refractivity contribution in [1.29, 1.82) is 0 Å². The third-order valence-electron chi connectivity index (χ3n) is 6.27. The number of hydrogen-bond donors (Lipinski definition) is 1. The summed E-state index contributed by atoms with van der Waals surface area (Å²) in [7, 11) is 0. The van der Waals surface area contributed by atoms with Gasteiger partial charge in [0.2, 0.25) is 0 Å². The monoisotopic (exact) mass is 344 g/mol. The average molecular weight is 344 g/mol. The first-order valence-corrected chi connectivity index (χ1v) is 10.1. The van der Waals surface area contributed by atoms with Crippen molar-refractivity contribution in [3.8, 4) is 0 Å². The second-order valence-corrected chi connectivity index (χ2v) is 8.06. The van der Waals surface area contributed by atoms with Crippen molar-refractivity contribution in [3.05, 3.63) is 30.3 Å². The molecular weight excluding hydrogens is 312 g/mol. The molecule has 0 radical (unpaired) electrons. The molecule has 1 aliphatic carbocycles. The number of benzene rings is 1. The van der Waals surface area contributed by atoms with E-state index < -0.39 is 0 Å². The molecule has 3 fully saturated rings. The smallest absolute Gasteiger partial charge is 0.0900 e. The van der Waals surface area contributed by atoms with Gasteiger partial charge in [-0.15, -0.1) is 0 Å². The fourth-order valence-electron chi connectivity index (χ4n) is 4.91. The van der Waals surface area contributed by atoms with Gasteiger partial charge in [0.05, 0.1) is 18.8 Å².